The quantitative estimate of drug-likeness (QED) is 0.471. The highest BCUT2D eigenvalue weighted by Crippen LogP contribution is 2.34. The number of aromatic nitrogens is 1. The number of fused-ring (bicyclic) bond motifs is 2. The second-order valence-corrected chi connectivity index (χ2v) is 10.5. The molecule has 0 aliphatic carbocycles. The summed E-state index contributed by atoms with van der Waals surface area (Å²) in [6.07, 6.45) is 5.04. The third-order valence-electron chi connectivity index (χ3n) is 7.08. The topological polar surface area (TPSA) is 75.4 Å². The molecule has 1 aromatic carbocycles. The number of carbonyl (C=O) groups is 2. The molecule has 0 spiro atoms. The fourth-order valence-corrected chi connectivity index (χ4v) is 6.65. The molecular weight excluding hydrogens is 453 g/mol. The summed E-state index contributed by atoms with van der Waals surface area (Å²) in [6, 6.07) is 4.59. The van der Waals surface area contributed by atoms with Gasteiger partial charge in [-0.1, -0.05) is 5.16 Å². The SMILES string of the molecule is CC(=O)c1c(C(=O)CCCN2CCC(c3noc4cc(F)ccc34)CC2)sc2c1CCCNC2. The summed E-state index contributed by atoms with van der Waals surface area (Å²) in [5.41, 5.74) is 3.20. The van der Waals surface area contributed by atoms with Crippen LogP contribution in [0, 0.1) is 5.82 Å². The van der Waals surface area contributed by atoms with Gasteiger partial charge in [-0.25, -0.2) is 4.39 Å². The molecule has 1 saturated heterocycles. The van der Waals surface area contributed by atoms with Crippen molar-refractivity contribution in [1.82, 2.24) is 15.4 Å². The van der Waals surface area contributed by atoms with Crippen LogP contribution in [0.2, 0.25) is 0 Å². The fourth-order valence-electron chi connectivity index (χ4n) is 5.31. The zero-order valence-corrected chi connectivity index (χ0v) is 20.3. The van der Waals surface area contributed by atoms with Gasteiger partial charge in [0.05, 0.1) is 10.6 Å². The van der Waals surface area contributed by atoms with Gasteiger partial charge in [0.1, 0.15) is 5.82 Å². The number of thiophene rings is 1. The summed E-state index contributed by atoms with van der Waals surface area (Å²) in [6.45, 7) is 6.02. The highest BCUT2D eigenvalue weighted by molar-refractivity contribution is 7.14. The van der Waals surface area contributed by atoms with Crippen molar-refractivity contribution in [2.24, 2.45) is 0 Å². The van der Waals surface area contributed by atoms with Crippen LogP contribution in [0.15, 0.2) is 22.7 Å². The molecular formula is C26H30FN3O3S. The van der Waals surface area contributed by atoms with Crippen molar-refractivity contribution in [2.75, 3.05) is 26.2 Å². The molecule has 1 fully saturated rings. The Hall–Kier alpha value is -2.42. The van der Waals surface area contributed by atoms with E-state index in [0.717, 1.165) is 86.3 Å². The van der Waals surface area contributed by atoms with Crippen LogP contribution in [0.3, 0.4) is 0 Å². The summed E-state index contributed by atoms with van der Waals surface area (Å²) in [7, 11) is 0. The summed E-state index contributed by atoms with van der Waals surface area (Å²) in [5, 5.41) is 8.51. The van der Waals surface area contributed by atoms with Crippen LogP contribution in [-0.2, 0) is 13.0 Å². The van der Waals surface area contributed by atoms with Crippen molar-refractivity contribution in [3.05, 3.63) is 50.6 Å². The molecule has 3 aromatic rings. The molecule has 6 nitrogen and oxygen atoms in total. The maximum Gasteiger partial charge on any atom is 0.173 e. The van der Waals surface area contributed by atoms with Crippen molar-refractivity contribution in [1.29, 1.82) is 0 Å². The standard InChI is InChI=1S/C26H30FN3O3S/c1-16(31)24-20-4-2-10-28-15-23(20)34-26(24)21(32)5-3-11-30-12-8-17(9-13-30)25-19-7-6-18(27)14-22(19)33-29-25/h6-7,14,17,28H,2-5,8-13,15H2,1H3. The molecule has 2 aromatic heterocycles. The highest BCUT2D eigenvalue weighted by Gasteiger charge is 2.27. The fraction of sp³-hybridized carbons (Fsp3) is 0.500. The number of piperidine rings is 1. The van der Waals surface area contributed by atoms with Crippen molar-refractivity contribution < 1.29 is 18.5 Å². The largest absolute Gasteiger partial charge is 0.356 e. The van der Waals surface area contributed by atoms with E-state index in [-0.39, 0.29) is 17.4 Å². The number of nitrogens with one attached hydrogen (secondary N) is 1. The van der Waals surface area contributed by atoms with Gasteiger partial charge >= 0.3 is 0 Å². The van der Waals surface area contributed by atoms with Gasteiger partial charge in [0.2, 0.25) is 0 Å². The van der Waals surface area contributed by atoms with E-state index in [1.54, 1.807) is 13.0 Å². The Morgan fingerprint density at radius 2 is 2.12 bits per heavy atom. The van der Waals surface area contributed by atoms with E-state index >= 15 is 0 Å². The summed E-state index contributed by atoms with van der Waals surface area (Å²) >= 11 is 1.51. The molecule has 0 bridgehead atoms. The number of hydrogen-bond acceptors (Lipinski definition) is 7. The first-order chi connectivity index (χ1) is 16.5. The van der Waals surface area contributed by atoms with Gasteiger partial charge in [0, 0.05) is 40.8 Å². The molecule has 0 radical (unpaired) electrons. The highest BCUT2D eigenvalue weighted by atomic mass is 32.1. The smallest absolute Gasteiger partial charge is 0.173 e. The van der Waals surface area contributed by atoms with Crippen LogP contribution in [0.25, 0.3) is 11.0 Å². The minimum atomic E-state index is -0.315. The van der Waals surface area contributed by atoms with Crippen LogP contribution in [-0.4, -0.2) is 47.8 Å². The Balaban J connectivity index is 1.15. The van der Waals surface area contributed by atoms with Gasteiger partial charge in [-0.2, -0.15) is 0 Å². The third-order valence-corrected chi connectivity index (χ3v) is 8.35. The minimum absolute atomic E-state index is 0.00735. The molecule has 2 aliphatic heterocycles. The van der Waals surface area contributed by atoms with Gasteiger partial charge in [-0.15, -0.1) is 11.3 Å². The molecule has 34 heavy (non-hydrogen) atoms. The van der Waals surface area contributed by atoms with E-state index in [1.807, 2.05) is 0 Å². The molecule has 0 saturated carbocycles. The lowest BCUT2D eigenvalue weighted by Gasteiger charge is -2.31. The first-order valence-corrected chi connectivity index (χ1v) is 13.0. The summed E-state index contributed by atoms with van der Waals surface area (Å²) < 4.78 is 18.8. The number of ketones is 2. The Morgan fingerprint density at radius 1 is 1.29 bits per heavy atom. The minimum Gasteiger partial charge on any atom is -0.356 e. The number of likely N-dealkylation sites (tertiary alicyclic amines) is 1. The monoisotopic (exact) mass is 483 g/mol. The second-order valence-electron chi connectivity index (χ2n) is 9.40. The van der Waals surface area contributed by atoms with E-state index in [9.17, 15) is 14.0 Å². The average molecular weight is 484 g/mol. The van der Waals surface area contributed by atoms with Gasteiger partial charge in [-0.05, 0) is 82.9 Å². The lowest BCUT2D eigenvalue weighted by atomic mass is 9.91. The normalized spacial score (nSPS) is 17.6. The number of halogens is 1. The zero-order chi connectivity index (χ0) is 23.7. The van der Waals surface area contributed by atoms with Gasteiger partial charge in [0.25, 0.3) is 0 Å². The summed E-state index contributed by atoms with van der Waals surface area (Å²) in [5.74, 6) is 0.0927. The number of nitrogens with zero attached hydrogens (tertiary/aromatic N) is 2. The van der Waals surface area contributed by atoms with Crippen LogP contribution in [0.1, 0.15) is 81.1 Å². The summed E-state index contributed by atoms with van der Waals surface area (Å²) in [4.78, 5) is 29.6. The molecule has 8 heteroatoms. The molecule has 4 heterocycles. The van der Waals surface area contributed by atoms with Crippen molar-refractivity contribution >= 4 is 33.9 Å². The number of carbonyl (C=O) groups excluding carboxylic acids is 2. The lowest BCUT2D eigenvalue weighted by Crippen LogP contribution is -2.34. The second kappa shape index (κ2) is 10.1. The van der Waals surface area contributed by atoms with Crippen LogP contribution in [0.4, 0.5) is 4.39 Å². The Bertz CT molecular complexity index is 1210. The Morgan fingerprint density at radius 3 is 2.91 bits per heavy atom. The van der Waals surface area contributed by atoms with Crippen molar-refractivity contribution in [2.45, 2.75) is 57.9 Å². The molecule has 180 valence electrons. The Labute approximate surface area is 202 Å². The maximum atomic E-state index is 13.4. The first-order valence-electron chi connectivity index (χ1n) is 12.2. The lowest BCUT2D eigenvalue weighted by molar-refractivity contribution is 0.0957. The number of benzene rings is 1. The van der Waals surface area contributed by atoms with Gasteiger partial charge < -0.3 is 14.7 Å². The predicted octanol–water partition coefficient (Wildman–Crippen LogP) is 5.11. The van der Waals surface area contributed by atoms with E-state index in [2.05, 4.69) is 15.4 Å². The van der Waals surface area contributed by atoms with Crippen molar-refractivity contribution in [3.8, 4) is 0 Å². The molecule has 1 N–H and O–H groups in total. The van der Waals surface area contributed by atoms with Gasteiger partial charge in [0.15, 0.2) is 17.1 Å². The maximum absolute atomic E-state index is 13.4. The third kappa shape index (κ3) is 4.72. The number of hydrogen-bond donors (Lipinski definition) is 1. The Kier molecular flexibility index (Phi) is 6.90. The zero-order valence-electron chi connectivity index (χ0n) is 19.5. The predicted molar refractivity (Wildman–Crippen MR) is 130 cm³/mol. The van der Waals surface area contributed by atoms with E-state index < -0.39 is 0 Å². The average Bonchev–Trinajstić information content (AvgIpc) is 3.33. The molecule has 0 amide bonds. The number of rotatable bonds is 7. The molecule has 5 rings (SSSR count). The molecule has 0 atom stereocenters. The molecule has 0 unspecified atom stereocenters. The van der Waals surface area contributed by atoms with Gasteiger partial charge in [-0.3, -0.25) is 9.59 Å². The van der Waals surface area contributed by atoms with E-state index in [4.69, 9.17) is 4.52 Å². The van der Waals surface area contributed by atoms with E-state index in [0.29, 0.717) is 28.4 Å². The van der Waals surface area contributed by atoms with Crippen molar-refractivity contribution in [3.63, 3.8) is 0 Å². The van der Waals surface area contributed by atoms with Crippen LogP contribution < -0.4 is 5.32 Å². The molecule has 2 aliphatic rings. The van der Waals surface area contributed by atoms with Crippen LogP contribution in [0.5, 0.6) is 0 Å². The number of Topliss-reactive ketones (excluding diaryl/α,β-unsaturated/α-hetero) is 2. The van der Waals surface area contributed by atoms with E-state index in [1.165, 1.54) is 23.5 Å². The first kappa shape index (κ1) is 23.3. The van der Waals surface area contributed by atoms with Crippen LogP contribution >= 0.6 is 11.3 Å².